The molecule has 4 rings (SSSR count). The van der Waals surface area contributed by atoms with Crippen molar-refractivity contribution in [1.29, 1.82) is 0 Å². The molecule has 0 aromatic heterocycles. The molecular weight excluding hydrogens is 300 g/mol. The molecule has 3 fully saturated rings. The van der Waals surface area contributed by atoms with Crippen LogP contribution in [0.25, 0.3) is 0 Å². The summed E-state index contributed by atoms with van der Waals surface area (Å²) in [4.78, 5) is 11.8. The van der Waals surface area contributed by atoms with Gasteiger partial charge in [-0.1, -0.05) is 12.8 Å². The van der Waals surface area contributed by atoms with Crippen LogP contribution >= 0.6 is 0 Å². The lowest BCUT2D eigenvalue weighted by atomic mass is 9.49. The third-order valence-corrected chi connectivity index (χ3v) is 8.07. The second kappa shape index (κ2) is 5.44. The number of carbonyl (C=O) groups is 1. The summed E-state index contributed by atoms with van der Waals surface area (Å²) < 4.78 is 0. The smallest absolute Gasteiger partial charge is 0.155 e. The highest BCUT2D eigenvalue weighted by Gasteiger charge is 2.64. The van der Waals surface area contributed by atoms with Crippen LogP contribution in [-0.4, -0.2) is 27.7 Å². The van der Waals surface area contributed by atoms with Gasteiger partial charge >= 0.3 is 0 Å². The molecule has 2 N–H and O–H groups in total. The largest absolute Gasteiger partial charge is 0.389 e. The van der Waals surface area contributed by atoms with E-state index in [0.29, 0.717) is 36.5 Å². The maximum absolute atomic E-state index is 11.8. The molecule has 0 heterocycles. The average Bonchev–Trinajstić information content (AvgIpc) is 2.89. The van der Waals surface area contributed by atoms with Crippen LogP contribution in [0.2, 0.25) is 0 Å². The molecule has 4 aliphatic rings. The number of carbonyl (C=O) groups excluding carboxylic acids is 1. The number of ketones is 1. The van der Waals surface area contributed by atoms with E-state index in [-0.39, 0.29) is 11.2 Å². The molecule has 0 radical (unpaired) electrons. The minimum Gasteiger partial charge on any atom is -0.389 e. The van der Waals surface area contributed by atoms with E-state index in [9.17, 15) is 15.0 Å². The summed E-state index contributed by atoms with van der Waals surface area (Å²) in [6.07, 6.45) is 13.8. The lowest BCUT2D eigenvalue weighted by molar-refractivity contribution is -0.119. The second-order valence-corrected chi connectivity index (χ2v) is 8.53. The van der Waals surface area contributed by atoms with Crippen molar-refractivity contribution < 1.29 is 15.0 Å². The lowest BCUT2D eigenvalue weighted by Crippen LogP contribution is -2.55. The van der Waals surface area contributed by atoms with Crippen molar-refractivity contribution in [2.75, 3.05) is 0 Å². The number of hydrogen-bond donors (Lipinski definition) is 2. The van der Waals surface area contributed by atoms with Crippen LogP contribution in [-0.2, 0) is 4.79 Å². The van der Waals surface area contributed by atoms with Crippen LogP contribution in [0.5, 0.6) is 0 Å². The van der Waals surface area contributed by atoms with E-state index < -0.39 is 11.7 Å². The first kappa shape index (κ1) is 16.4. The third-order valence-electron chi connectivity index (χ3n) is 8.07. The summed E-state index contributed by atoms with van der Waals surface area (Å²) in [7, 11) is 0. The third kappa shape index (κ3) is 1.96. The van der Waals surface area contributed by atoms with E-state index in [1.165, 1.54) is 0 Å². The van der Waals surface area contributed by atoms with Gasteiger partial charge in [0, 0.05) is 11.8 Å². The molecule has 0 aliphatic heterocycles. The van der Waals surface area contributed by atoms with E-state index in [0.717, 1.165) is 44.1 Å². The van der Waals surface area contributed by atoms with Gasteiger partial charge < -0.3 is 10.2 Å². The van der Waals surface area contributed by atoms with Gasteiger partial charge in [-0.15, -0.1) is 6.42 Å². The number of hydrogen-bond acceptors (Lipinski definition) is 3. The van der Waals surface area contributed by atoms with Crippen LogP contribution < -0.4 is 0 Å². The standard InChI is InChI=1S/C21H28O3/c1-3-20-9-7-15-14-6-5-13(22)11-17(14)19(23)12-16(15)18(20)8-10-21(20,24)4-2/h2,11,14-16,18-19,23-24H,3,5-10,12H2,1H3/t14-,15-,16-,18+,19-,20-,21+/m1/s1. The molecule has 130 valence electrons. The van der Waals surface area contributed by atoms with Crippen LogP contribution in [0.4, 0.5) is 0 Å². The van der Waals surface area contributed by atoms with Crippen LogP contribution in [0, 0.1) is 41.4 Å². The Morgan fingerprint density at radius 3 is 2.79 bits per heavy atom. The van der Waals surface area contributed by atoms with Gasteiger partial charge in [0.2, 0.25) is 0 Å². The van der Waals surface area contributed by atoms with Crippen LogP contribution in [0.3, 0.4) is 0 Å². The highest BCUT2D eigenvalue weighted by Crippen LogP contribution is 2.66. The zero-order valence-corrected chi connectivity index (χ0v) is 14.5. The Morgan fingerprint density at radius 2 is 2.08 bits per heavy atom. The van der Waals surface area contributed by atoms with Crippen LogP contribution in [0.15, 0.2) is 11.6 Å². The quantitative estimate of drug-likeness (QED) is 0.728. The summed E-state index contributed by atoms with van der Waals surface area (Å²) in [5.41, 5.74) is -0.184. The summed E-state index contributed by atoms with van der Waals surface area (Å²) in [5, 5.41) is 21.8. The molecular formula is C21H28O3. The SMILES string of the molecule is C#C[C@]1(O)CC[C@H]2[C@@H]3C[C@@H](O)C4=CC(=O)CC[C@@H]4[C@H]3CC[C@]21CC. The fraction of sp³-hybridized carbons (Fsp3) is 0.762. The molecule has 0 bridgehead atoms. The number of fused-ring (bicyclic) bond motifs is 5. The van der Waals surface area contributed by atoms with Gasteiger partial charge in [0.25, 0.3) is 0 Å². The summed E-state index contributed by atoms with van der Waals surface area (Å²) in [5.74, 6) is 4.62. The fourth-order valence-corrected chi connectivity index (χ4v) is 6.96. The normalized spacial score (nSPS) is 50.3. The number of rotatable bonds is 1. The van der Waals surface area contributed by atoms with E-state index in [1.807, 2.05) is 0 Å². The first-order chi connectivity index (χ1) is 11.5. The maximum atomic E-state index is 11.8. The van der Waals surface area contributed by atoms with Gasteiger partial charge in [0.05, 0.1) is 6.10 Å². The molecule has 0 amide bonds. The molecule has 0 saturated heterocycles. The molecule has 3 saturated carbocycles. The van der Waals surface area contributed by atoms with Crippen molar-refractivity contribution in [2.45, 2.75) is 70.0 Å². The van der Waals surface area contributed by atoms with E-state index in [4.69, 9.17) is 6.42 Å². The maximum Gasteiger partial charge on any atom is 0.155 e. The zero-order chi connectivity index (χ0) is 17.1. The monoisotopic (exact) mass is 328 g/mol. The van der Waals surface area contributed by atoms with Gasteiger partial charge in [-0.2, -0.15) is 0 Å². The predicted molar refractivity (Wildman–Crippen MR) is 91.9 cm³/mol. The molecule has 0 aromatic carbocycles. The molecule has 4 aliphatic carbocycles. The first-order valence-corrected chi connectivity index (χ1v) is 9.58. The molecule has 3 nitrogen and oxygen atoms in total. The Bertz CT molecular complexity index is 629. The zero-order valence-electron chi connectivity index (χ0n) is 14.5. The van der Waals surface area contributed by atoms with Crippen molar-refractivity contribution in [1.82, 2.24) is 0 Å². The van der Waals surface area contributed by atoms with Gasteiger partial charge in [0.1, 0.15) is 5.60 Å². The molecule has 7 atom stereocenters. The molecule has 0 unspecified atom stereocenters. The van der Waals surface area contributed by atoms with Crippen molar-refractivity contribution in [3.63, 3.8) is 0 Å². The Morgan fingerprint density at radius 1 is 1.29 bits per heavy atom. The Labute approximate surface area is 144 Å². The van der Waals surface area contributed by atoms with Gasteiger partial charge in [0.15, 0.2) is 5.78 Å². The average molecular weight is 328 g/mol. The van der Waals surface area contributed by atoms with E-state index >= 15 is 0 Å². The number of terminal acetylenes is 1. The lowest BCUT2D eigenvalue weighted by Gasteiger charge is -2.56. The predicted octanol–water partition coefficient (Wildman–Crippen LogP) is 2.85. The van der Waals surface area contributed by atoms with Crippen LogP contribution in [0.1, 0.15) is 58.3 Å². The Hall–Kier alpha value is -1.11. The number of aliphatic hydroxyl groups is 2. The minimum atomic E-state index is -0.985. The summed E-state index contributed by atoms with van der Waals surface area (Å²) in [6.45, 7) is 2.16. The van der Waals surface area contributed by atoms with Crippen molar-refractivity contribution in [2.24, 2.45) is 29.1 Å². The minimum absolute atomic E-state index is 0.167. The molecule has 24 heavy (non-hydrogen) atoms. The van der Waals surface area contributed by atoms with E-state index in [1.54, 1.807) is 6.08 Å². The molecule has 0 spiro atoms. The molecule has 0 aromatic rings. The van der Waals surface area contributed by atoms with Crippen molar-refractivity contribution in [3.05, 3.63) is 11.6 Å². The number of aliphatic hydroxyl groups excluding tert-OH is 1. The highest BCUT2D eigenvalue weighted by atomic mass is 16.3. The highest BCUT2D eigenvalue weighted by molar-refractivity contribution is 5.91. The second-order valence-electron chi connectivity index (χ2n) is 8.53. The van der Waals surface area contributed by atoms with E-state index in [2.05, 4.69) is 12.8 Å². The summed E-state index contributed by atoms with van der Waals surface area (Å²) in [6, 6.07) is 0. The fourth-order valence-electron chi connectivity index (χ4n) is 6.96. The van der Waals surface area contributed by atoms with Gasteiger partial charge in [-0.3, -0.25) is 4.79 Å². The Kier molecular flexibility index (Phi) is 3.71. The van der Waals surface area contributed by atoms with Crippen molar-refractivity contribution in [3.8, 4) is 12.3 Å². The van der Waals surface area contributed by atoms with Gasteiger partial charge in [-0.25, -0.2) is 0 Å². The van der Waals surface area contributed by atoms with Crippen molar-refractivity contribution >= 4 is 5.78 Å². The first-order valence-electron chi connectivity index (χ1n) is 9.58. The molecule has 3 heteroatoms. The Balaban J connectivity index is 1.71. The summed E-state index contributed by atoms with van der Waals surface area (Å²) >= 11 is 0. The van der Waals surface area contributed by atoms with Gasteiger partial charge in [-0.05, 0) is 80.3 Å². The topological polar surface area (TPSA) is 57.5 Å².